The zero-order chi connectivity index (χ0) is 16.0. The lowest BCUT2D eigenvalue weighted by Gasteiger charge is -2.17. The van der Waals surface area contributed by atoms with Crippen LogP contribution in [0.25, 0.3) is 0 Å². The number of nitrogens with one attached hydrogen (secondary N) is 2. The third-order valence-corrected chi connectivity index (χ3v) is 3.48. The van der Waals surface area contributed by atoms with Gasteiger partial charge in [0, 0.05) is 19.0 Å². The van der Waals surface area contributed by atoms with Gasteiger partial charge in [0.05, 0.1) is 23.4 Å². The van der Waals surface area contributed by atoms with E-state index in [2.05, 4.69) is 10.6 Å². The first-order valence-corrected chi connectivity index (χ1v) is 7.26. The summed E-state index contributed by atoms with van der Waals surface area (Å²) in [5.74, 6) is -0.114. The van der Waals surface area contributed by atoms with Gasteiger partial charge in [-0.25, -0.2) is 0 Å². The lowest BCUT2D eigenvalue weighted by Crippen LogP contribution is -2.34. The zero-order valence-electron chi connectivity index (χ0n) is 12.7. The molecule has 116 valence electrons. The van der Waals surface area contributed by atoms with E-state index in [4.69, 9.17) is 16.3 Å². The molecule has 0 aliphatic heterocycles. The number of hydrogen-bond donors (Lipinski definition) is 2. The first-order valence-electron chi connectivity index (χ1n) is 6.88. The van der Waals surface area contributed by atoms with Gasteiger partial charge in [-0.05, 0) is 18.9 Å². The Morgan fingerprint density at radius 2 is 1.90 bits per heavy atom. The first-order chi connectivity index (χ1) is 9.92. The molecule has 1 rings (SSSR count). The quantitative estimate of drug-likeness (QED) is 0.847. The van der Waals surface area contributed by atoms with Crippen molar-refractivity contribution in [2.45, 2.75) is 39.7 Å². The van der Waals surface area contributed by atoms with E-state index in [1.807, 2.05) is 13.8 Å². The summed E-state index contributed by atoms with van der Waals surface area (Å²) < 4.78 is 5.22. The molecule has 0 aliphatic rings. The Labute approximate surface area is 130 Å². The molecule has 0 atom stereocenters. The zero-order valence-corrected chi connectivity index (χ0v) is 13.5. The van der Waals surface area contributed by atoms with Crippen LogP contribution in [0.3, 0.4) is 0 Å². The largest absolute Gasteiger partial charge is 0.496 e. The van der Waals surface area contributed by atoms with Gasteiger partial charge in [0.2, 0.25) is 5.91 Å². The lowest BCUT2D eigenvalue weighted by atomic mass is 10.1. The molecule has 2 amide bonds. The number of benzene rings is 1. The van der Waals surface area contributed by atoms with E-state index >= 15 is 0 Å². The summed E-state index contributed by atoms with van der Waals surface area (Å²) in [7, 11) is 1.47. The molecule has 0 aromatic heterocycles. The SMILES string of the molecule is CCC(CC)NC(=O)c1cc(Cl)c(NC(C)=O)cc1OC. The predicted octanol–water partition coefficient (Wildman–Crippen LogP) is 3.23. The minimum atomic E-state index is -0.242. The number of carbonyl (C=O) groups excluding carboxylic acids is 2. The Morgan fingerprint density at radius 3 is 2.38 bits per heavy atom. The van der Waals surface area contributed by atoms with Gasteiger partial charge >= 0.3 is 0 Å². The maximum absolute atomic E-state index is 12.3. The van der Waals surface area contributed by atoms with Gasteiger partial charge in [0.1, 0.15) is 5.75 Å². The molecule has 1 aromatic rings. The fraction of sp³-hybridized carbons (Fsp3) is 0.467. The molecule has 0 bridgehead atoms. The van der Waals surface area contributed by atoms with Crippen LogP contribution in [0.4, 0.5) is 5.69 Å². The van der Waals surface area contributed by atoms with Crippen LogP contribution in [0.15, 0.2) is 12.1 Å². The molecule has 0 unspecified atom stereocenters. The van der Waals surface area contributed by atoms with Crippen molar-refractivity contribution < 1.29 is 14.3 Å². The maximum atomic E-state index is 12.3. The molecule has 0 spiro atoms. The Bertz CT molecular complexity index is 528. The molecule has 0 heterocycles. The minimum Gasteiger partial charge on any atom is -0.496 e. The van der Waals surface area contributed by atoms with E-state index in [1.165, 1.54) is 20.1 Å². The standard InChI is InChI=1S/C15H21ClN2O3/c1-5-10(6-2)18-15(20)11-7-12(16)13(17-9(3)19)8-14(11)21-4/h7-8,10H,5-6H2,1-4H3,(H,17,19)(H,18,20). The minimum absolute atomic E-state index is 0.107. The number of rotatable bonds is 6. The third-order valence-electron chi connectivity index (χ3n) is 3.17. The highest BCUT2D eigenvalue weighted by Gasteiger charge is 2.18. The number of anilines is 1. The van der Waals surface area contributed by atoms with Crippen molar-refractivity contribution in [3.8, 4) is 5.75 Å². The van der Waals surface area contributed by atoms with E-state index in [0.717, 1.165) is 12.8 Å². The van der Waals surface area contributed by atoms with Crippen molar-refractivity contribution >= 4 is 29.1 Å². The van der Waals surface area contributed by atoms with Crippen LogP contribution in [0, 0.1) is 0 Å². The molecule has 6 heteroatoms. The Balaban J connectivity index is 3.09. The number of ether oxygens (including phenoxy) is 1. The molecule has 21 heavy (non-hydrogen) atoms. The monoisotopic (exact) mass is 312 g/mol. The Morgan fingerprint density at radius 1 is 1.29 bits per heavy atom. The van der Waals surface area contributed by atoms with Gasteiger partial charge in [-0.2, -0.15) is 0 Å². The Kier molecular flexibility index (Phi) is 6.49. The molecule has 0 fully saturated rings. The van der Waals surface area contributed by atoms with Gasteiger partial charge in [-0.3, -0.25) is 9.59 Å². The van der Waals surface area contributed by atoms with Crippen molar-refractivity contribution in [2.75, 3.05) is 12.4 Å². The summed E-state index contributed by atoms with van der Waals surface area (Å²) in [6, 6.07) is 3.16. The van der Waals surface area contributed by atoms with Crippen LogP contribution in [0.2, 0.25) is 5.02 Å². The van der Waals surface area contributed by atoms with Crippen LogP contribution >= 0.6 is 11.6 Å². The normalized spacial score (nSPS) is 10.4. The molecule has 0 saturated carbocycles. The molecule has 1 aromatic carbocycles. The van der Waals surface area contributed by atoms with Gasteiger partial charge in [-0.1, -0.05) is 25.4 Å². The second kappa shape index (κ2) is 7.88. The highest BCUT2D eigenvalue weighted by Crippen LogP contribution is 2.31. The predicted molar refractivity (Wildman–Crippen MR) is 84.1 cm³/mol. The van der Waals surface area contributed by atoms with Crippen LogP contribution in [-0.2, 0) is 4.79 Å². The number of amides is 2. The van der Waals surface area contributed by atoms with Crippen LogP contribution in [0.1, 0.15) is 44.0 Å². The third kappa shape index (κ3) is 4.63. The van der Waals surface area contributed by atoms with Gasteiger partial charge in [0.15, 0.2) is 0 Å². The fourth-order valence-electron chi connectivity index (χ4n) is 1.94. The average molecular weight is 313 g/mol. The summed E-state index contributed by atoms with van der Waals surface area (Å²) in [5, 5.41) is 5.82. The molecule has 0 radical (unpaired) electrons. The second-order valence-electron chi connectivity index (χ2n) is 4.70. The van der Waals surface area contributed by atoms with Crippen molar-refractivity contribution in [1.82, 2.24) is 5.32 Å². The van der Waals surface area contributed by atoms with E-state index in [1.54, 1.807) is 6.07 Å². The van der Waals surface area contributed by atoms with Gasteiger partial charge < -0.3 is 15.4 Å². The highest BCUT2D eigenvalue weighted by atomic mass is 35.5. The molecular weight excluding hydrogens is 292 g/mol. The number of halogens is 1. The molecule has 2 N–H and O–H groups in total. The first kappa shape index (κ1) is 17.3. The number of hydrogen-bond acceptors (Lipinski definition) is 3. The van der Waals surface area contributed by atoms with Gasteiger partial charge in [0.25, 0.3) is 5.91 Å². The smallest absolute Gasteiger partial charge is 0.255 e. The van der Waals surface area contributed by atoms with E-state index < -0.39 is 0 Å². The van der Waals surface area contributed by atoms with E-state index in [-0.39, 0.29) is 17.9 Å². The molecule has 0 aliphatic carbocycles. The lowest BCUT2D eigenvalue weighted by molar-refractivity contribution is -0.114. The summed E-state index contributed by atoms with van der Waals surface area (Å²) in [5.41, 5.74) is 0.767. The van der Waals surface area contributed by atoms with Crippen molar-refractivity contribution in [1.29, 1.82) is 0 Å². The van der Waals surface area contributed by atoms with Crippen LogP contribution in [-0.4, -0.2) is 25.0 Å². The summed E-state index contributed by atoms with van der Waals surface area (Å²) >= 11 is 6.10. The molecule has 0 saturated heterocycles. The van der Waals surface area contributed by atoms with E-state index in [9.17, 15) is 9.59 Å². The number of carbonyl (C=O) groups is 2. The Hall–Kier alpha value is -1.75. The topological polar surface area (TPSA) is 67.4 Å². The average Bonchev–Trinajstić information content (AvgIpc) is 2.45. The van der Waals surface area contributed by atoms with Crippen molar-refractivity contribution in [2.24, 2.45) is 0 Å². The molecule has 5 nitrogen and oxygen atoms in total. The summed E-state index contributed by atoms with van der Waals surface area (Å²) in [4.78, 5) is 23.4. The maximum Gasteiger partial charge on any atom is 0.255 e. The van der Waals surface area contributed by atoms with Crippen molar-refractivity contribution in [3.05, 3.63) is 22.7 Å². The fourth-order valence-corrected chi connectivity index (χ4v) is 2.15. The van der Waals surface area contributed by atoms with Crippen LogP contribution < -0.4 is 15.4 Å². The summed E-state index contributed by atoms with van der Waals surface area (Å²) in [6.45, 7) is 5.41. The highest BCUT2D eigenvalue weighted by molar-refractivity contribution is 6.34. The van der Waals surface area contributed by atoms with Crippen molar-refractivity contribution in [3.63, 3.8) is 0 Å². The number of methoxy groups -OCH3 is 1. The van der Waals surface area contributed by atoms with Crippen LogP contribution in [0.5, 0.6) is 5.75 Å². The van der Waals surface area contributed by atoms with E-state index in [0.29, 0.717) is 22.0 Å². The molecular formula is C15H21ClN2O3. The second-order valence-corrected chi connectivity index (χ2v) is 5.11. The summed E-state index contributed by atoms with van der Waals surface area (Å²) in [6.07, 6.45) is 1.70. The van der Waals surface area contributed by atoms with Gasteiger partial charge in [-0.15, -0.1) is 0 Å².